The third-order valence-corrected chi connectivity index (χ3v) is 3.85. The number of amides is 1. The predicted molar refractivity (Wildman–Crippen MR) is 68.6 cm³/mol. The molecule has 16 heavy (non-hydrogen) atoms. The van der Waals surface area contributed by atoms with Gasteiger partial charge in [0.25, 0.3) is 0 Å². The second kappa shape index (κ2) is 7.79. The second-order valence-electron chi connectivity index (χ2n) is 4.62. The van der Waals surface area contributed by atoms with E-state index in [9.17, 15) is 9.00 Å². The topological polar surface area (TPSA) is 72.2 Å². The Labute approximate surface area is 101 Å². The van der Waals surface area contributed by atoms with Crippen molar-refractivity contribution in [2.45, 2.75) is 44.9 Å². The molecule has 5 heteroatoms. The minimum Gasteiger partial charge on any atom is -0.355 e. The Morgan fingerprint density at radius 1 is 1.38 bits per heavy atom. The predicted octanol–water partition coefficient (Wildman–Crippen LogP) is 0.633. The number of nitrogens with one attached hydrogen (secondary N) is 1. The van der Waals surface area contributed by atoms with Gasteiger partial charge in [0.1, 0.15) is 0 Å². The van der Waals surface area contributed by atoms with Gasteiger partial charge < -0.3 is 11.1 Å². The molecule has 0 aliphatic carbocycles. The van der Waals surface area contributed by atoms with Crippen molar-refractivity contribution in [3.8, 4) is 0 Å². The number of rotatable bonds is 7. The molecule has 0 spiro atoms. The maximum atomic E-state index is 11.5. The highest BCUT2D eigenvalue weighted by Crippen LogP contribution is 2.03. The van der Waals surface area contributed by atoms with Crippen molar-refractivity contribution in [2.75, 3.05) is 12.8 Å². The van der Waals surface area contributed by atoms with Gasteiger partial charge in [0.2, 0.25) is 5.91 Å². The zero-order valence-corrected chi connectivity index (χ0v) is 11.5. The molecule has 0 saturated carbocycles. The molecule has 0 aliphatic heterocycles. The van der Waals surface area contributed by atoms with Crippen LogP contribution < -0.4 is 11.1 Å². The maximum absolute atomic E-state index is 11.5. The molecule has 0 heterocycles. The number of hydrogen-bond donors (Lipinski definition) is 2. The summed E-state index contributed by atoms with van der Waals surface area (Å²) in [4.78, 5) is 11.5. The van der Waals surface area contributed by atoms with Crippen LogP contribution in [0.1, 0.15) is 33.6 Å². The van der Waals surface area contributed by atoms with Gasteiger partial charge in [-0.3, -0.25) is 9.00 Å². The molecule has 1 amide bonds. The molecular weight excluding hydrogens is 224 g/mol. The Kier molecular flexibility index (Phi) is 7.58. The minimum atomic E-state index is -0.827. The van der Waals surface area contributed by atoms with Gasteiger partial charge in [0.05, 0.1) is 6.04 Å². The molecule has 3 atom stereocenters. The van der Waals surface area contributed by atoms with Crippen LogP contribution in [0.4, 0.5) is 0 Å². The Morgan fingerprint density at radius 3 is 2.38 bits per heavy atom. The van der Waals surface area contributed by atoms with E-state index in [1.54, 1.807) is 6.26 Å². The van der Waals surface area contributed by atoms with Gasteiger partial charge >= 0.3 is 0 Å². The van der Waals surface area contributed by atoms with E-state index in [1.165, 1.54) is 0 Å². The molecule has 0 aromatic heterocycles. The van der Waals surface area contributed by atoms with Crippen LogP contribution in [-0.4, -0.2) is 34.2 Å². The van der Waals surface area contributed by atoms with Gasteiger partial charge in [-0.25, -0.2) is 0 Å². The summed E-state index contributed by atoms with van der Waals surface area (Å²) in [6.07, 6.45) is 3.10. The molecule has 0 bridgehead atoms. The van der Waals surface area contributed by atoms with Crippen LogP contribution in [-0.2, 0) is 15.6 Å². The monoisotopic (exact) mass is 248 g/mol. The van der Waals surface area contributed by atoms with Crippen LogP contribution >= 0.6 is 0 Å². The van der Waals surface area contributed by atoms with E-state index < -0.39 is 16.8 Å². The number of carbonyl (C=O) groups is 1. The summed E-state index contributed by atoms with van der Waals surface area (Å²) in [6, 6.07) is -0.428. The standard InChI is InChI=1S/C11H24N2O2S/c1-8(2)7-10(12)11(14)13-6-5-9(3)16(4)15/h8-10H,5-7,12H2,1-4H3,(H,13,14). The van der Waals surface area contributed by atoms with E-state index in [4.69, 9.17) is 5.73 Å². The lowest BCUT2D eigenvalue weighted by Gasteiger charge is -2.15. The van der Waals surface area contributed by atoms with Crippen molar-refractivity contribution in [3.63, 3.8) is 0 Å². The average molecular weight is 248 g/mol. The second-order valence-corrected chi connectivity index (χ2v) is 6.43. The summed E-state index contributed by atoms with van der Waals surface area (Å²) in [7, 11) is -0.827. The SMILES string of the molecule is CC(C)CC(N)C(=O)NCCC(C)S(C)=O. The molecule has 3 unspecified atom stereocenters. The van der Waals surface area contributed by atoms with Crippen LogP contribution in [0.5, 0.6) is 0 Å². The van der Waals surface area contributed by atoms with E-state index in [0.717, 1.165) is 6.42 Å². The van der Waals surface area contributed by atoms with Crippen molar-refractivity contribution in [1.82, 2.24) is 5.32 Å². The average Bonchev–Trinajstić information content (AvgIpc) is 2.15. The van der Waals surface area contributed by atoms with E-state index in [2.05, 4.69) is 5.32 Å². The third kappa shape index (κ3) is 6.95. The fourth-order valence-electron chi connectivity index (χ4n) is 1.31. The van der Waals surface area contributed by atoms with Crippen LogP contribution in [0.3, 0.4) is 0 Å². The van der Waals surface area contributed by atoms with Gasteiger partial charge in [0, 0.05) is 28.9 Å². The summed E-state index contributed by atoms with van der Waals surface area (Å²) in [6.45, 7) is 6.53. The summed E-state index contributed by atoms with van der Waals surface area (Å²) >= 11 is 0. The molecule has 0 aromatic rings. The Balaban J connectivity index is 3.77. The first-order valence-electron chi connectivity index (χ1n) is 5.70. The Morgan fingerprint density at radius 2 is 1.94 bits per heavy atom. The van der Waals surface area contributed by atoms with Crippen LogP contribution in [0.25, 0.3) is 0 Å². The number of nitrogens with two attached hydrogens (primary N) is 1. The largest absolute Gasteiger partial charge is 0.355 e. The Hall–Kier alpha value is -0.420. The lowest BCUT2D eigenvalue weighted by atomic mass is 10.0. The zero-order valence-electron chi connectivity index (χ0n) is 10.7. The van der Waals surface area contributed by atoms with E-state index in [1.807, 2.05) is 20.8 Å². The first-order chi connectivity index (χ1) is 7.34. The first-order valence-corrected chi connectivity index (χ1v) is 7.32. The number of hydrogen-bond acceptors (Lipinski definition) is 3. The van der Waals surface area contributed by atoms with Crippen molar-refractivity contribution >= 4 is 16.7 Å². The van der Waals surface area contributed by atoms with E-state index in [0.29, 0.717) is 18.9 Å². The van der Waals surface area contributed by atoms with Crippen molar-refractivity contribution in [2.24, 2.45) is 11.7 Å². The summed E-state index contributed by atoms with van der Waals surface area (Å²) in [5, 5.41) is 2.89. The smallest absolute Gasteiger partial charge is 0.236 e. The fraction of sp³-hybridized carbons (Fsp3) is 0.909. The Bertz CT molecular complexity index is 244. The molecule has 3 N–H and O–H groups in total. The third-order valence-electron chi connectivity index (χ3n) is 2.48. The quantitative estimate of drug-likeness (QED) is 0.694. The van der Waals surface area contributed by atoms with Crippen LogP contribution in [0, 0.1) is 5.92 Å². The molecule has 0 aliphatic rings. The van der Waals surface area contributed by atoms with Crippen molar-refractivity contribution < 1.29 is 9.00 Å². The van der Waals surface area contributed by atoms with Crippen LogP contribution in [0.15, 0.2) is 0 Å². The highest BCUT2D eigenvalue weighted by molar-refractivity contribution is 7.84. The highest BCUT2D eigenvalue weighted by Gasteiger charge is 2.14. The van der Waals surface area contributed by atoms with Gasteiger partial charge in [-0.15, -0.1) is 0 Å². The minimum absolute atomic E-state index is 0.109. The molecule has 0 radical (unpaired) electrons. The molecule has 0 saturated heterocycles. The first kappa shape index (κ1) is 15.6. The zero-order chi connectivity index (χ0) is 12.7. The summed E-state index contributed by atoms with van der Waals surface area (Å²) in [5.74, 6) is 0.311. The van der Waals surface area contributed by atoms with Gasteiger partial charge in [-0.2, -0.15) is 0 Å². The normalized spacial score (nSPS) is 16.9. The van der Waals surface area contributed by atoms with Gasteiger partial charge in [-0.05, 0) is 18.8 Å². The van der Waals surface area contributed by atoms with Crippen molar-refractivity contribution in [1.29, 1.82) is 0 Å². The summed E-state index contributed by atoms with van der Waals surface area (Å²) in [5.41, 5.74) is 5.72. The van der Waals surface area contributed by atoms with E-state index in [-0.39, 0.29) is 11.2 Å². The van der Waals surface area contributed by atoms with Gasteiger partial charge in [0.15, 0.2) is 0 Å². The van der Waals surface area contributed by atoms with Crippen molar-refractivity contribution in [3.05, 3.63) is 0 Å². The van der Waals surface area contributed by atoms with E-state index >= 15 is 0 Å². The molecule has 0 aromatic carbocycles. The lowest BCUT2D eigenvalue weighted by molar-refractivity contribution is -0.122. The molecule has 4 nitrogen and oxygen atoms in total. The highest BCUT2D eigenvalue weighted by atomic mass is 32.2. The molecule has 0 rings (SSSR count). The molecule has 0 fully saturated rings. The van der Waals surface area contributed by atoms with Gasteiger partial charge in [-0.1, -0.05) is 20.8 Å². The lowest BCUT2D eigenvalue weighted by Crippen LogP contribution is -2.42. The fourth-order valence-corrected chi connectivity index (χ4v) is 1.76. The maximum Gasteiger partial charge on any atom is 0.236 e. The summed E-state index contributed by atoms with van der Waals surface area (Å²) < 4.78 is 11.1. The molecule has 96 valence electrons. The number of carbonyl (C=O) groups excluding carboxylic acids is 1. The van der Waals surface area contributed by atoms with Crippen LogP contribution in [0.2, 0.25) is 0 Å². The molecular formula is C11H24N2O2S.